The molecule has 0 aliphatic carbocycles. The van der Waals surface area contributed by atoms with Gasteiger partial charge >= 0.3 is 11.9 Å². The number of rotatable bonds is 43. The third-order valence-electron chi connectivity index (χ3n) is 10.0. The molecule has 0 heterocycles. The fraction of sp³-hybridized carbons (Fsp3) is 0.765. The molecule has 5 nitrogen and oxygen atoms in total. The van der Waals surface area contributed by atoms with Gasteiger partial charge in [-0.1, -0.05) is 178 Å². The van der Waals surface area contributed by atoms with Crippen LogP contribution < -0.4 is 0 Å². The van der Waals surface area contributed by atoms with Crippen molar-refractivity contribution >= 4 is 11.9 Å². The fourth-order valence-electron chi connectivity index (χ4n) is 6.44. The number of hydrogen-bond donors (Lipinski definition) is 0. The van der Waals surface area contributed by atoms with Gasteiger partial charge in [0.2, 0.25) is 0 Å². The Morgan fingerprint density at radius 2 is 0.821 bits per heavy atom. The van der Waals surface area contributed by atoms with Gasteiger partial charge < -0.3 is 14.2 Å². The van der Waals surface area contributed by atoms with Gasteiger partial charge in [-0.3, -0.25) is 9.59 Å². The molecule has 0 fully saturated rings. The normalized spacial score (nSPS) is 12.7. The average molecular weight is 783 g/mol. The number of allylic oxidation sites excluding steroid dienone is 10. The van der Waals surface area contributed by atoms with Crippen molar-refractivity contribution < 1.29 is 23.8 Å². The molecule has 0 radical (unpaired) electrons. The topological polar surface area (TPSA) is 61.8 Å². The summed E-state index contributed by atoms with van der Waals surface area (Å²) in [7, 11) is 0. The molecule has 0 aliphatic rings. The standard InChI is InChI=1S/C51H90O5/c1-4-7-10-13-16-19-22-24-25-26-28-31-34-37-40-43-46-54-47-49(56-51(53)45-42-39-36-33-29-21-18-15-12-9-6-3)48-55-50(52)44-41-38-35-32-30-27-23-20-17-14-11-8-5-2/h8,11,15,17-18,20,24-25,27,30,49H,4-7,9-10,12-14,16,19,21-23,26,28-29,31-48H2,1-3H3/b11-8-,18-15-,20-17-,25-24-,30-27-. The maximum absolute atomic E-state index is 12.7. The molecule has 1 unspecified atom stereocenters. The van der Waals surface area contributed by atoms with E-state index in [2.05, 4.69) is 81.5 Å². The number of carbonyl (C=O) groups excluding carboxylic acids is 2. The molecular formula is C51H90O5. The molecule has 0 spiro atoms. The number of ether oxygens (including phenoxy) is 3. The molecule has 0 saturated heterocycles. The molecule has 0 aromatic rings. The van der Waals surface area contributed by atoms with Crippen LogP contribution in [0.5, 0.6) is 0 Å². The minimum atomic E-state index is -0.554. The van der Waals surface area contributed by atoms with E-state index < -0.39 is 6.10 Å². The third-order valence-corrected chi connectivity index (χ3v) is 10.0. The van der Waals surface area contributed by atoms with Crippen molar-refractivity contribution in [3.05, 3.63) is 60.8 Å². The van der Waals surface area contributed by atoms with Crippen molar-refractivity contribution in [1.82, 2.24) is 0 Å². The lowest BCUT2D eigenvalue weighted by molar-refractivity contribution is -0.163. The van der Waals surface area contributed by atoms with E-state index in [1.165, 1.54) is 109 Å². The molecule has 0 aromatic carbocycles. The lowest BCUT2D eigenvalue weighted by Crippen LogP contribution is -2.30. The van der Waals surface area contributed by atoms with Gasteiger partial charge in [0.1, 0.15) is 6.61 Å². The predicted molar refractivity (Wildman–Crippen MR) is 242 cm³/mol. The molecule has 0 rings (SSSR count). The van der Waals surface area contributed by atoms with Gasteiger partial charge in [0.15, 0.2) is 6.10 Å². The van der Waals surface area contributed by atoms with Gasteiger partial charge in [0.25, 0.3) is 0 Å². The molecule has 0 aliphatic heterocycles. The van der Waals surface area contributed by atoms with E-state index in [1.54, 1.807) is 0 Å². The number of hydrogen-bond acceptors (Lipinski definition) is 5. The molecule has 5 heteroatoms. The maximum Gasteiger partial charge on any atom is 0.306 e. The Morgan fingerprint density at radius 3 is 1.38 bits per heavy atom. The molecule has 56 heavy (non-hydrogen) atoms. The van der Waals surface area contributed by atoms with Crippen LogP contribution in [0, 0.1) is 0 Å². The van der Waals surface area contributed by atoms with Crippen molar-refractivity contribution in [1.29, 1.82) is 0 Å². The van der Waals surface area contributed by atoms with Gasteiger partial charge in [-0.15, -0.1) is 0 Å². The number of unbranched alkanes of at least 4 members (excludes halogenated alkanes) is 22. The largest absolute Gasteiger partial charge is 0.462 e. The molecule has 0 aromatic heterocycles. The van der Waals surface area contributed by atoms with Gasteiger partial charge in [-0.2, -0.15) is 0 Å². The van der Waals surface area contributed by atoms with E-state index in [1.807, 2.05) is 0 Å². The lowest BCUT2D eigenvalue weighted by atomic mass is 10.1. The first-order chi connectivity index (χ1) is 27.6. The Labute approximate surface area is 347 Å². The van der Waals surface area contributed by atoms with Crippen LogP contribution in [0.3, 0.4) is 0 Å². The van der Waals surface area contributed by atoms with Crippen LogP contribution in [-0.2, 0) is 23.8 Å². The van der Waals surface area contributed by atoms with Crippen LogP contribution in [0.4, 0.5) is 0 Å². The molecule has 0 saturated carbocycles. The van der Waals surface area contributed by atoms with Crippen molar-refractivity contribution in [2.45, 2.75) is 232 Å². The minimum Gasteiger partial charge on any atom is -0.462 e. The van der Waals surface area contributed by atoms with E-state index in [0.29, 0.717) is 19.4 Å². The Morgan fingerprint density at radius 1 is 0.411 bits per heavy atom. The van der Waals surface area contributed by atoms with Crippen LogP contribution in [0.1, 0.15) is 226 Å². The van der Waals surface area contributed by atoms with Crippen molar-refractivity contribution in [2.24, 2.45) is 0 Å². The van der Waals surface area contributed by atoms with Crippen LogP contribution in [0.2, 0.25) is 0 Å². The van der Waals surface area contributed by atoms with Gasteiger partial charge in [0, 0.05) is 19.4 Å². The maximum atomic E-state index is 12.7. The highest BCUT2D eigenvalue weighted by molar-refractivity contribution is 5.70. The highest BCUT2D eigenvalue weighted by Crippen LogP contribution is 2.13. The van der Waals surface area contributed by atoms with Crippen LogP contribution in [0.15, 0.2) is 60.8 Å². The highest BCUT2D eigenvalue weighted by Gasteiger charge is 2.17. The van der Waals surface area contributed by atoms with Gasteiger partial charge in [0.05, 0.1) is 6.61 Å². The zero-order chi connectivity index (χ0) is 40.7. The van der Waals surface area contributed by atoms with E-state index in [0.717, 1.165) is 83.5 Å². The molecule has 0 amide bonds. The SMILES string of the molecule is CC/C=C\C/C=C\C/C=C\CCCCCC(=O)OCC(COCCCCCCCC/C=C\CCCCCCCC)OC(=O)CCCCCCC/C=C\CCCC. The van der Waals surface area contributed by atoms with Crippen molar-refractivity contribution in [2.75, 3.05) is 19.8 Å². The minimum absolute atomic E-state index is 0.0637. The molecule has 0 bridgehead atoms. The molecule has 1 atom stereocenters. The highest BCUT2D eigenvalue weighted by atomic mass is 16.6. The Bertz CT molecular complexity index is 977. The average Bonchev–Trinajstić information content (AvgIpc) is 3.20. The zero-order valence-corrected chi connectivity index (χ0v) is 37.1. The second-order valence-electron chi connectivity index (χ2n) is 15.6. The first kappa shape index (κ1) is 53.6. The summed E-state index contributed by atoms with van der Waals surface area (Å²) in [5, 5.41) is 0. The Balaban J connectivity index is 4.30. The summed E-state index contributed by atoms with van der Waals surface area (Å²) in [4.78, 5) is 25.2. The second kappa shape index (κ2) is 47.0. The zero-order valence-electron chi connectivity index (χ0n) is 37.1. The van der Waals surface area contributed by atoms with Crippen LogP contribution in [-0.4, -0.2) is 37.9 Å². The van der Waals surface area contributed by atoms with Crippen LogP contribution >= 0.6 is 0 Å². The molecule has 324 valence electrons. The van der Waals surface area contributed by atoms with E-state index in [9.17, 15) is 9.59 Å². The summed E-state index contributed by atoms with van der Waals surface area (Å²) < 4.78 is 17.3. The fourth-order valence-corrected chi connectivity index (χ4v) is 6.44. The lowest BCUT2D eigenvalue weighted by Gasteiger charge is -2.18. The quantitative estimate of drug-likeness (QED) is 0.0350. The Hall–Kier alpha value is -2.40. The van der Waals surface area contributed by atoms with Crippen LogP contribution in [0.25, 0.3) is 0 Å². The van der Waals surface area contributed by atoms with Crippen molar-refractivity contribution in [3.63, 3.8) is 0 Å². The summed E-state index contributed by atoms with van der Waals surface area (Å²) in [5.41, 5.74) is 0. The first-order valence-corrected chi connectivity index (χ1v) is 23.8. The number of carbonyl (C=O) groups is 2. The van der Waals surface area contributed by atoms with E-state index in [4.69, 9.17) is 14.2 Å². The molecular weight excluding hydrogens is 693 g/mol. The van der Waals surface area contributed by atoms with Gasteiger partial charge in [-0.25, -0.2) is 0 Å². The monoisotopic (exact) mass is 783 g/mol. The summed E-state index contributed by atoms with van der Waals surface area (Å²) in [6.45, 7) is 7.62. The first-order valence-electron chi connectivity index (χ1n) is 23.8. The van der Waals surface area contributed by atoms with Gasteiger partial charge in [-0.05, 0) is 96.3 Å². The molecule has 0 N–H and O–H groups in total. The third kappa shape index (κ3) is 44.3. The van der Waals surface area contributed by atoms with Crippen molar-refractivity contribution in [3.8, 4) is 0 Å². The second-order valence-corrected chi connectivity index (χ2v) is 15.6. The van der Waals surface area contributed by atoms with E-state index in [-0.39, 0.29) is 25.2 Å². The number of esters is 2. The summed E-state index contributed by atoms with van der Waals surface area (Å²) in [5.74, 6) is -0.444. The Kier molecular flexibility index (Phi) is 45.0. The van der Waals surface area contributed by atoms with E-state index >= 15 is 0 Å². The smallest absolute Gasteiger partial charge is 0.306 e. The summed E-state index contributed by atoms with van der Waals surface area (Å²) in [6, 6.07) is 0. The summed E-state index contributed by atoms with van der Waals surface area (Å²) >= 11 is 0. The predicted octanol–water partition coefficient (Wildman–Crippen LogP) is 15.8. The summed E-state index contributed by atoms with van der Waals surface area (Å²) in [6.07, 6.45) is 57.9.